The fourth-order valence-corrected chi connectivity index (χ4v) is 2.94. The summed E-state index contributed by atoms with van der Waals surface area (Å²) in [6, 6.07) is 1.93. The molecule has 0 aliphatic carbocycles. The fourth-order valence-electron chi connectivity index (χ4n) is 2.94. The molecule has 0 N–H and O–H groups in total. The number of aryl methyl sites for hydroxylation is 1. The van der Waals surface area contributed by atoms with Gasteiger partial charge in [-0.1, -0.05) is 0 Å². The topological polar surface area (TPSA) is 47.5 Å². The SMILES string of the molecule is Cc1ccnc(N2CCCC(C3(C)OCCO3)C2)n1. The molecule has 19 heavy (non-hydrogen) atoms. The van der Waals surface area contributed by atoms with Crippen molar-refractivity contribution in [2.75, 3.05) is 31.2 Å². The molecule has 0 saturated carbocycles. The fraction of sp³-hybridized carbons (Fsp3) is 0.714. The molecule has 1 atom stereocenters. The molecule has 0 radical (unpaired) electrons. The van der Waals surface area contributed by atoms with Crippen molar-refractivity contribution >= 4 is 5.95 Å². The predicted molar refractivity (Wildman–Crippen MR) is 72.0 cm³/mol. The molecule has 0 spiro atoms. The highest BCUT2D eigenvalue weighted by Crippen LogP contribution is 2.34. The molecule has 5 nitrogen and oxygen atoms in total. The average molecular weight is 263 g/mol. The largest absolute Gasteiger partial charge is 0.347 e. The van der Waals surface area contributed by atoms with Crippen LogP contribution < -0.4 is 4.90 Å². The first-order chi connectivity index (χ1) is 9.17. The quantitative estimate of drug-likeness (QED) is 0.813. The van der Waals surface area contributed by atoms with Gasteiger partial charge in [-0.3, -0.25) is 0 Å². The maximum absolute atomic E-state index is 5.80. The molecule has 0 bridgehead atoms. The van der Waals surface area contributed by atoms with E-state index in [-0.39, 0.29) is 0 Å². The molecule has 104 valence electrons. The molecule has 1 aromatic rings. The second kappa shape index (κ2) is 5.06. The predicted octanol–water partition coefficient (Wildman–Crippen LogP) is 1.76. The minimum Gasteiger partial charge on any atom is -0.347 e. The van der Waals surface area contributed by atoms with Crippen LogP contribution in [0.5, 0.6) is 0 Å². The first-order valence-electron chi connectivity index (χ1n) is 7.00. The van der Waals surface area contributed by atoms with Gasteiger partial charge in [0.05, 0.1) is 13.2 Å². The molecule has 1 unspecified atom stereocenters. The van der Waals surface area contributed by atoms with Crippen LogP contribution in [0.15, 0.2) is 12.3 Å². The van der Waals surface area contributed by atoms with E-state index in [1.807, 2.05) is 19.2 Å². The molecule has 2 fully saturated rings. The standard InChI is InChI=1S/C14H21N3O2/c1-11-5-6-15-13(16-11)17-7-3-4-12(10-17)14(2)18-8-9-19-14/h5-6,12H,3-4,7-10H2,1-2H3. The van der Waals surface area contributed by atoms with Crippen molar-refractivity contribution in [1.29, 1.82) is 0 Å². The van der Waals surface area contributed by atoms with Crippen molar-refractivity contribution in [3.8, 4) is 0 Å². The number of hydrogen-bond acceptors (Lipinski definition) is 5. The Labute approximate surface area is 113 Å². The molecular weight excluding hydrogens is 242 g/mol. The smallest absolute Gasteiger partial charge is 0.225 e. The lowest BCUT2D eigenvalue weighted by atomic mass is 9.90. The summed E-state index contributed by atoms with van der Waals surface area (Å²) in [5, 5.41) is 0. The number of rotatable bonds is 2. The molecule has 2 aliphatic rings. The number of piperidine rings is 1. The van der Waals surface area contributed by atoms with Crippen molar-refractivity contribution in [2.24, 2.45) is 5.92 Å². The Morgan fingerprint density at radius 1 is 1.37 bits per heavy atom. The van der Waals surface area contributed by atoms with E-state index < -0.39 is 5.79 Å². The third kappa shape index (κ3) is 2.58. The summed E-state index contributed by atoms with van der Waals surface area (Å²) in [5.74, 6) is 0.779. The highest BCUT2D eigenvalue weighted by molar-refractivity contribution is 5.31. The minimum absolute atomic E-state index is 0.382. The van der Waals surface area contributed by atoms with E-state index in [0.717, 1.165) is 37.6 Å². The van der Waals surface area contributed by atoms with E-state index in [0.29, 0.717) is 19.1 Å². The number of nitrogens with zero attached hydrogens (tertiary/aromatic N) is 3. The summed E-state index contributed by atoms with van der Waals surface area (Å²) in [6.45, 7) is 7.38. The molecule has 0 amide bonds. The van der Waals surface area contributed by atoms with Gasteiger partial charge >= 0.3 is 0 Å². The van der Waals surface area contributed by atoms with E-state index in [4.69, 9.17) is 9.47 Å². The monoisotopic (exact) mass is 263 g/mol. The first kappa shape index (κ1) is 12.8. The average Bonchev–Trinajstić information content (AvgIpc) is 2.87. The second-order valence-corrected chi connectivity index (χ2v) is 5.50. The highest BCUT2D eigenvalue weighted by atomic mass is 16.7. The molecule has 0 aromatic carbocycles. The van der Waals surface area contributed by atoms with Gasteiger partial charge in [0.15, 0.2) is 5.79 Å². The Hall–Kier alpha value is -1.20. The van der Waals surface area contributed by atoms with Crippen LogP contribution in [-0.4, -0.2) is 42.1 Å². The summed E-state index contributed by atoms with van der Waals surface area (Å²) in [5.41, 5.74) is 1.01. The maximum Gasteiger partial charge on any atom is 0.225 e. The van der Waals surface area contributed by atoms with Crippen molar-refractivity contribution in [2.45, 2.75) is 32.5 Å². The summed E-state index contributed by atoms with van der Waals surface area (Å²) in [4.78, 5) is 11.1. The summed E-state index contributed by atoms with van der Waals surface area (Å²) in [7, 11) is 0. The molecule has 2 saturated heterocycles. The molecule has 5 heteroatoms. The zero-order chi connectivity index (χ0) is 13.3. The van der Waals surface area contributed by atoms with Gasteiger partial charge in [-0.2, -0.15) is 0 Å². The highest BCUT2D eigenvalue weighted by Gasteiger charge is 2.42. The van der Waals surface area contributed by atoms with E-state index in [9.17, 15) is 0 Å². The van der Waals surface area contributed by atoms with Gasteiger partial charge in [0.1, 0.15) is 0 Å². The van der Waals surface area contributed by atoms with Crippen LogP contribution in [0.2, 0.25) is 0 Å². The van der Waals surface area contributed by atoms with E-state index in [1.165, 1.54) is 0 Å². The molecule has 3 rings (SSSR count). The molecule has 1 aromatic heterocycles. The maximum atomic E-state index is 5.80. The first-order valence-corrected chi connectivity index (χ1v) is 7.00. The normalized spacial score (nSPS) is 26.6. The lowest BCUT2D eigenvalue weighted by Gasteiger charge is -2.39. The van der Waals surface area contributed by atoms with Crippen molar-refractivity contribution < 1.29 is 9.47 Å². The Kier molecular flexibility index (Phi) is 3.41. The second-order valence-electron chi connectivity index (χ2n) is 5.50. The third-order valence-electron chi connectivity index (χ3n) is 4.09. The Morgan fingerprint density at radius 3 is 2.89 bits per heavy atom. The Morgan fingerprint density at radius 2 is 2.16 bits per heavy atom. The van der Waals surface area contributed by atoms with Crippen LogP contribution >= 0.6 is 0 Å². The minimum atomic E-state index is -0.428. The van der Waals surface area contributed by atoms with Gasteiger partial charge in [-0.15, -0.1) is 0 Å². The van der Waals surface area contributed by atoms with Crippen LogP contribution in [0.1, 0.15) is 25.5 Å². The molecule has 2 aliphatic heterocycles. The van der Waals surface area contributed by atoms with Gasteiger partial charge in [-0.25, -0.2) is 9.97 Å². The summed E-state index contributed by atoms with van der Waals surface area (Å²) < 4.78 is 11.6. The van der Waals surface area contributed by atoms with Gasteiger partial charge < -0.3 is 14.4 Å². The van der Waals surface area contributed by atoms with E-state index >= 15 is 0 Å². The third-order valence-corrected chi connectivity index (χ3v) is 4.09. The van der Waals surface area contributed by atoms with Crippen molar-refractivity contribution in [3.63, 3.8) is 0 Å². The Balaban J connectivity index is 1.74. The molecule has 3 heterocycles. The zero-order valence-corrected chi connectivity index (χ0v) is 11.6. The van der Waals surface area contributed by atoms with Crippen LogP contribution in [0.25, 0.3) is 0 Å². The zero-order valence-electron chi connectivity index (χ0n) is 11.6. The Bertz CT molecular complexity index is 446. The van der Waals surface area contributed by atoms with Crippen LogP contribution in [-0.2, 0) is 9.47 Å². The van der Waals surface area contributed by atoms with E-state index in [1.54, 1.807) is 0 Å². The summed E-state index contributed by atoms with van der Waals surface area (Å²) in [6.07, 6.45) is 4.09. The van der Waals surface area contributed by atoms with Gasteiger partial charge in [0, 0.05) is 30.9 Å². The van der Waals surface area contributed by atoms with Gasteiger partial charge in [0.2, 0.25) is 5.95 Å². The molecular formula is C14H21N3O2. The number of hydrogen-bond donors (Lipinski definition) is 0. The number of anilines is 1. The van der Waals surface area contributed by atoms with Crippen LogP contribution in [0, 0.1) is 12.8 Å². The van der Waals surface area contributed by atoms with Gasteiger partial charge in [0.25, 0.3) is 0 Å². The lowest BCUT2D eigenvalue weighted by molar-refractivity contribution is -0.182. The number of aromatic nitrogens is 2. The van der Waals surface area contributed by atoms with Crippen molar-refractivity contribution in [3.05, 3.63) is 18.0 Å². The van der Waals surface area contributed by atoms with E-state index in [2.05, 4.69) is 21.8 Å². The summed E-state index contributed by atoms with van der Waals surface area (Å²) >= 11 is 0. The van der Waals surface area contributed by atoms with Crippen molar-refractivity contribution in [1.82, 2.24) is 9.97 Å². The van der Waals surface area contributed by atoms with Crippen LogP contribution in [0.4, 0.5) is 5.95 Å². The van der Waals surface area contributed by atoms with Crippen LogP contribution in [0.3, 0.4) is 0 Å². The number of ether oxygens (including phenoxy) is 2. The van der Waals surface area contributed by atoms with Gasteiger partial charge in [-0.05, 0) is 32.8 Å². The lowest BCUT2D eigenvalue weighted by Crippen LogP contribution is -2.47.